The highest BCUT2D eigenvalue weighted by atomic mass is 79.9. The third-order valence-electron chi connectivity index (χ3n) is 3.98. The first-order valence-electron chi connectivity index (χ1n) is 8.38. The van der Waals surface area contributed by atoms with Crippen molar-refractivity contribution in [2.75, 3.05) is 10.0 Å². The molecular formula is C20H14BrClN2O5S. The van der Waals surface area contributed by atoms with Gasteiger partial charge in [0.25, 0.3) is 15.9 Å². The van der Waals surface area contributed by atoms with Crippen LogP contribution >= 0.6 is 27.5 Å². The second-order valence-corrected chi connectivity index (χ2v) is 9.12. The van der Waals surface area contributed by atoms with Crippen molar-refractivity contribution in [3.63, 3.8) is 0 Å². The molecule has 3 aromatic carbocycles. The van der Waals surface area contributed by atoms with Gasteiger partial charge >= 0.3 is 5.97 Å². The molecule has 0 saturated carbocycles. The number of nitrogens with one attached hydrogen (secondary N) is 2. The van der Waals surface area contributed by atoms with Crippen LogP contribution in [0.15, 0.2) is 76.1 Å². The van der Waals surface area contributed by atoms with Crippen LogP contribution < -0.4 is 10.0 Å². The minimum atomic E-state index is -3.95. The zero-order chi connectivity index (χ0) is 21.9. The number of hydrogen-bond acceptors (Lipinski definition) is 4. The number of sulfonamides is 1. The normalized spacial score (nSPS) is 11.0. The van der Waals surface area contributed by atoms with Crippen LogP contribution in [0, 0.1) is 0 Å². The van der Waals surface area contributed by atoms with Crippen molar-refractivity contribution in [3.8, 4) is 0 Å². The van der Waals surface area contributed by atoms with Gasteiger partial charge in [0.15, 0.2) is 0 Å². The van der Waals surface area contributed by atoms with Crippen molar-refractivity contribution in [2.45, 2.75) is 4.90 Å². The van der Waals surface area contributed by atoms with E-state index in [0.29, 0.717) is 5.69 Å². The molecule has 3 rings (SSSR count). The SMILES string of the molecule is O=C(O)c1ccc(NC(=O)c2cc(Cl)ccc2NS(=O)(=O)c2ccc(Br)cc2)cc1. The molecule has 154 valence electrons. The van der Waals surface area contributed by atoms with Crippen molar-refractivity contribution in [1.29, 1.82) is 0 Å². The molecule has 0 aromatic heterocycles. The smallest absolute Gasteiger partial charge is 0.335 e. The average molecular weight is 510 g/mol. The predicted molar refractivity (Wildman–Crippen MR) is 118 cm³/mol. The maximum atomic E-state index is 12.7. The Morgan fingerprint density at radius 2 is 1.57 bits per heavy atom. The monoisotopic (exact) mass is 508 g/mol. The van der Waals surface area contributed by atoms with E-state index in [1.807, 2.05) is 0 Å². The van der Waals surface area contributed by atoms with Crippen LogP contribution in [0.25, 0.3) is 0 Å². The van der Waals surface area contributed by atoms with Gasteiger partial charge in [0.05, 0.1) is 21.7 Å². The van der Waals surface area contributed by atoms with Gasteiger partial charge in [-0.2, -0.15) is 0 Å². The number of amides is 1. The van der Waals surface area contributed by atoms with Crippen LogP contribution in [0.2, 0.25) is 5.02 Å². The molecule has 0 aliphatic rings. The zero-order valence-corrected chi connectivity index (χ0v) is 18.3. The van der Waals surface area contributed by atoms with Crippen LogP contribution in [0.1, 0.15) is 20.7 Å². The van der Waals surface area contributed by atoms with Crippen molar-refractivity contribution in [3.05, 3.63) is 87.4 Å². The quantitative estimate of drug-likeness (QED) is 0.439. The first-order valence-corrected chi connectivity index (χ1v) is 11.0. The van der Waals surface area contributed by atoms with E-state index in [1.54, 1.807) is 12.1 Å². The van der Waals surface area contributed by atoms with Gasteiger partial charge in [-0.3, -0.25) is 9.52 Å². The number of hydrogen-bond donors (Lipinski definition) is 3. The van der Waals surface area contributed by atoms with Crippen LogP contribution in [0.5, 0.6) is 0 Å². The number of benzene rings is 3. The summed E-state index contributed by atoms with van der Waals surface area (Å²) in [5.41, 5.74) is 0.456. The minimum absolute atomic E-state index is 0.00509. The summed E-state index contributed by atoms with van der Waals surface area (Å²) in [6.07, 6.45) is 0. The first-order chi connectivity index (χ1) is 14.2. The van der Waals surface area contributed by atoms with E-state index in [0.717, 1.165) is 4.47 Å². The summed E-state index contributed by atoms with van der Waals surface area (Å²) in [5, 5.41) is 11.8. The summed E-state index contributed by atoms with van der Waals surface area (Å²) in [7, 11) is -3.95. The van der Waals surface area contributed by atoms with Crippen molar-refractivity contribution >= 4 is 60.8 Å². The summed E-state index contributed by atoms with van der Waals surface area (Å²) in [5.74, 6) is -1.71. The standard InChI is InChI=1S/C20H14BrClN2O5S/c21-13-3-8-16(9-4-13)30(28,29)24-18-10-5-14(22)11-17(18)19(25)23-15-6-1-12(2-7-15)20(26)27/h1-11,24H,(H,23,25)(H,26,27). The Kier molecular flexibility index (Phi) is 6.45. The van der Waals surface area contributed by atoms with E-state index in [2.05, 4.69) is 26.0 Å². The number of carbonyl (C=O) groups is 2. The highest BCUT2D eigenvalue weighted by Crippen LogP contribution is 2.25. The van der Waals surface area contributed by atoms with Gasteiger partial charge in [0, 0.05) is 15.2 Å². The predicted octanol–water partition coefficient (Wildman–Crippen LogP) is 4.85. The number of carboxylic acids is 1. The average Bonchev–Trinajstić information content (AvgIpc) is 2.70. The lowest BCUT2D eigenvalue weighted by Gasteiger charge is -2.13. The molecule has 3 N–H and O–H groups in total. The summed E-state index contributed by atoms with van der Waals surface area (Å²) >= 11 is 9.24. The van der Waals surface area contributed by atoms with E-state index in [1.165, 1.54) is 54.6 Å². The van der Waals surface area contributed by atoms with Gasteiger partial charge in [-0.15, -0.1) is 0 Å². The Labute approximate surface area is 185 Å². The van der Waals surface area contributed by atoms with Crippen molar-refractivity contribution in [1.82, 2.24) is 0 Å². The molecule has 0 heterocycles. The number of aromatic carboxylic acids is 1. The number of rotatable bonds is 6. The molecule has 0 bridgehead atoms. The molecule has 3 aromatic rings. The molecule has 0 spiro atoms. The molecule has 0 radical (unpaired) electrons. The number of carbonyl (C=O) groups excluding carboxylic acids is 1. The molecule has 0 saturated heterocycles. The number of carboxylic acid groups (broad SMARTS) is 1. The summed E-state index contributed by atoms with van der Waals surface area (Å²) in [6, 6.07) is 15.7. The van der Waals surface area contributed by atoms with Crippen molar-refractivity contribution < 1.29 is 23.1 Å². The van der Waals surface area contributed by atoms with E-state index in [4.69, 9.17) is 16.7 Å². The zero-order valence-electron chi connectivity index (χ0n) is 15.1. The molecule has 1 amide bonds. The maximum absolute atomic E-state index is 12.7. The van der Waals surface area contributed by atoms with Crippen LogP contribution in [-0.2, 0) is 10.0 Å². The number of anilines is 2. The Morgan fingerprint density at radius 3 is 2.17 bits per heavy atom. The van der Waals surface area contributed by atoms with Gasteiger partial charge in [0.1, 0.15) is 0 Å². The van der Waals surface area contributed by atoms with Gasteiger partial charge < -0.3 is 10.4 Å². The highest BCUT2D eigenvalue weighted by Gasteiger charge is 2.19. The minimum Gasteiger partial charge on any atom is -0.478 e. The van der Waals surface area contributed by atoms with E-state index < -0.39 is 21.9 Å². The fourth-order valence-corrected chi connectivity index (χ4v) is 4.02. The summed E-state index contributed by atoms with van der Waals surface area (Å²) < 4.78 is 28.5. The molecule has 0 unspecified atom stereocenters. The number of halogens is 2. The van der Waals surface area contributed by atoms with Gasteiger partial charge in [-0.05, 0) is 66.7 Å². The Morgan fingerprint density at radius 1 is 0.933 bits per heavy atom. The van der Waals surface area contributed by atoms with E-state index in [9.17, 15) is 18.0 Å². The highest BCUT2D eigenvalue weighted by molar-refractivity contribution is 9.10. The summed E-state index contributed by atoms with van der Waals surface area (Å²) in [4.78, 5) is 23.7. The second kappa shape index (κ2) is 8.86. The van der Waals surface area contributed by atoms with Crippen molar-refractivity contribution in [2.24, 2.45) is 0 Å². The van der Waals surface area contributed by atoms with E-state index >= 15 is 0 Å². The first kappa shape index (κ1) is 21.8. The second-order valence-electron chi connectivity index (χ2n) is 6.09. The lowest BCUT2D eigenvalue weighted by Crippen LogP contribution is -2.18. The molecule has 10 heteroatoms. The fourth-order valence-electron chi connectivity index (χ4n) is 2.51. The topological polar surface area (TPSA) is 113 Å². The summed E-state index contributed by atoms with van der Waals surface area (Å²) in [6.45, 7) is 0. The largest absolute Gasteiger partial charge is 0.478 e. The lowest BCUT2D eigenvalue weighted by atomic mass is 10.1. The Hall–Kier alpha value is -2.88. The van der Waals surface area contributed by atoms with Gasteiger partial charge in [0.2, 0.25) is 0 Å². The molecule has 0 aliphatic carbocycles. The molecule has 0 aliphatic heterocycles. The van der Waals surface area contributed by atoms with E-state index in [-0.39, 0.29) is 26.7 Å². The third-order valence-corrected chi connectivity index (χ3v) is 6.13. The van der Waals surface area contributed by atoms with Crippen LogP contribution in [0.3, 0.4) is 0 Å². The van der Waals surface area contributed by atoms with Gasteiger partial charge in [-0.25, -0.2) is 13.2 Å². The molecule has 0 atom stereocenters. The lowest BCUT2D eigenvalue weighted by molar-refractivity contribution is 0.0696. The van der Waals surface area contributed by atoms with Gasteiger partial charge in [-0.1, -0.05) is 27.5 Å². The van der Waals surface area contributed by atoms with Crippen LogP contribution in [-0.4, -0.2) is 25.4 Å². The maximum Gasteiger partial charge on any atom is 0.335 e. The Bertz CT molecular complexity index is 1210. The third kappa shape index (κ3) is 5.18. The molecule has 7 nitrogen and oxygen atoms in total. The molecular weight excluding hydrogens is 496 g/mol. The Balaban J connectivity index is 1.88. The molecule has 0 fully saturated rings. The van der Waals surface area contributed by atoms with Crippen LogP contribution in [0.4, 0.5) is 11.4 Å². The fraction of sp³-hybridized carbons (Fsp3) is 0. The molecule has 30 heavy (non-hydrogen) atoms.